The number of hydrogen-bond acceptors (Lipinski definition) is 2. The fourth-order valence-corrected chi connectivity index (χ4v) is 2.47. The van der Waals surface area contributed by atoms with E-state index in [1.54, 1.807) is 24.1 Å². The molecule has 1 aromatic heterocycles. The second kappa shape index (κ2) is 4.96. The summed E-state index contributed by atoms with van der Waals surface area (Å²) >= 11 is 6.10. The van der Waals surface area contributed by atoms with Crippen LogP contribution in [0.4, 0.5) is 18.9 Å². The average molecular weight is 279 g/mol. The molecular formula is C12H14ClF3N2. The Hall–Kier alpha value is -0.970. The maximum atomic E-state index is 12.7. The first-order valence-corrected chi connectivity index (χ1v) is 6.20. The molecule has 0 N–H and O–H groups in total. The predicted octanol–water partition coefficient (Wildman–Crippen LogP) is 3.82. The van der Waals surface area contributed by atoms with E-state index < -0.39 is 12.1 Å². The van der Waals surface area contributed by atoms with Crippen molar-refractivity contribution in [2.24, 2.45) is 5.92 Å². The summed E-state index contributed by atoms with van der Waals surface area (Å²) in [7, 11) is 0. The smallest absolute Gasteiger partial charge is 0.370 e. The highest BCUT2D eigenvalue weighted by Gasteiger charge is 2.42. The lowest BCUT2D eigenvalue weighted by molar-refractivity contribution is -0.175. The van der Waals surface area contributed by atoms with Gasteiger partial charge in [0.1, 0.15) is 0 Å². The fraction of sp³-hybridized carbons (Fsp3) is 0.583. The van der Waals surface area contributed by atoms with E-state index in [1.165, 1.54) is 0 Å². The monoisotopic (exact) mass is 278 g/mol. The lowest BCUT2D eigenvalue weighted by Crippen LogP contribution is -2.41. The van der Waals surface area contributed by atoms with E-state index in [0.29, 0.717) is 29.4 Å². The van der Waals surface area contributed by atoms with Crippen LogP contribution in [0.2, 0.25) is 5.02 Å². The minimum atomic E-state index is -4.13. The van der Waals surface area contributed by atoms with Gasteiger partial charge in [-0.3, -0.25) is 4.98 Å². The maximum absolute atomic E-state index is 12.7. The molecule has 1 unspecified atom stereocenters. The molecule has 2 rings (SSSR count). The quantitative estimate of drug-likeness (QED) is 0.776. The van der Waals surface area contributed by atoms with Crippen LogP contribution in [0.3, 0.4) is 0 Å². The Labute approximate surface area is 109 Å². The van der Waals surface area contributed by atoms with Crippen molar-refractivity contribution in [1.29, 1.82) is 0 Å². The second-order valence-corrected chi connectivity index (χ2v) is 4.93. The zero-order valence-electron chi connectivity index (χ0n) is 9.97. The van der Waals surface area contributed by atoms with E-state index in [2.05, 4.69) is 4.98 Å². The molecule has 18 heavy (non-hydrogen) atoms. The van der Waals surface area contributed by atoms with E-state index >= 15 is 0 Å². The molecule has 0 radical (unpaired) electrons. The normalized spacial score (nSPS) is 21.2. The Morgan fingerprint density at radius 3 is 2.83 bits per heavy atom. The Kier molecular flexibility index (Phi) is 3.71. The molecule has 0 bridgehead atoms. The van der Waals surface area contributed by atoms with Crippen molar-refractivity contribution in [3.63, 3.8) is 0 Å². The largest absolute Gasteiger partial charge is 0.393 e. The SMILES string of the molecule is Cc1nccc(N2CCCC(C(F)(F)F)C2)c1Cl. The number of hydrogen-bond donors (Lipinski definition) is 0. The number of rotatable bonds is 1. The van der Waals surface area contributed by atoms with E-state index in [1.807, 2.05) is 0 Å². The predicted molar refractivity (Wildman–Crippen MR) is 65.0 cm³/mol. The van der Waals surface area contributed by atoms with Crippen molar-refractivity contribution in [2.45, 2.75) is 25.9 Å². The van der Waals surface area contributed by atoms with Gasteiger partial charge in [-0.2, -0.15) is 13.2 Å². The summed E-state index contributed by atoms with van der Waals surface area (Å²) in [5, 5.41) is 0.445. The van der Waals surface area contributed by atoms with E-state index in [9.17, 15) is 13.2 Å². The zero-order chi connectivity index (χ0) is 13.3. The third kappa shape index (κ3) is 2.71. The Bertz CT molecular complexity index is 434. The molecule has 0 saturated carbocycles. The number of alkyl halides is 3. The number of nitrogens with zero attached hydrogens (tertiary/aromatic N) is 2. The Balaban J connectivity index is 2.21. The summed E-state index contributed by atoms with van der Waals surface area (Å²) in [5.74, 6) is -1.27. The summed E-state index contributed by atoms with van der Waals surface area (Å²) in [6.45, 7) is 2.33. The van der Waals surface area contributed by atoms with E-state index in [4.69, 9.17) is 11.6 Å². The number of anilines is 1. The molecule has 1 atom stereocenters. The number of piperidine rings is 1. The molecule has 0 aromatic carbocycles. The number of aryl methyl sites for hydroxylation is 1. The van der Waals surface area contributed by atoms with Crippen molar-refractivity contribution < 1.29 is 13.2 Å². The van der Waals surface area contributed by atoms with Gasteiger partial charge in [-0.1, -0.05) is 11.6 Å². The van der Waals surface area contributed by atoms with Crippen LogP contribution in [0.1, 0.15) is 18.5 Å². The first-order valence-electron chi connectivity index (χ1n) is 5.82. The fourth-order valence-electron chi connectivity index (χ4n) is 2.24. The molecular weight excluding hydrogens is 265 g/mol. The minimum absolute atomic E-state index is 0.0212. The first-order chi connectivity index (χ1) is 8.39. The molecule has 1 fully saturated rings. The van der Waals surface area contributed by atoms with Gasteiger partial charge < -0.3 is 4.90 Å². The van der Waals surface area contributed by atoms with Gasteiger partial charge in [0.2, 0.25) is 0 Å². The number of pyridine rings is 1. The lowest BCUT2D eigenvalue weighted by atomic mass is 9.97. The van der Waals surface area contributed by atoms with Gasteiger partial charge in [0.15, 0.2) is 0 Å². The van der Waals surface area contributed by atoms with Crippen LogP contribution in [-0.2, 0) is 0 Å². The van der Waals surface area contributed by atoms with Crippen molar-refractivity contribution in [3.8, 4) is 0 Å². The second-order valence-electron chi connectivity index (χ2n) is 4.56. The topological polar surface area (TPSA) is 16.1 Å². The van der Waals surface area contributed by atoms with Crippen molar-refractivity contribution in [3.05, 3.63) is 23.0 Å². The van der Waals surface area contributed by atoms with Gasteiger partial charge in [-0.05, 0) is 25.8 Å². The number of aromatic nitrogens is 1. The van der Waals surface area contributed by atoms with Gasteiger partial charge in [0.25, 0.3) is 0 Å². The summed E-state index contributed by atoms with van der Waals surface area (Å²) < 4.78 is 38.2. The molecule has 1 aliphatic heterocycles. The van der Waals surface area contributed by atoms with Crippen LogP contribution in [0.25, 0.3) is 0 Å². The highest BCUT2D eigenvalue weighted by molar-refractivity contribution is 6.33. The van der Waals surface area contributed by atoms with Gasteiger partial charge in [0, 0.05) is 19.3 Å². The number of halogens is 4. The zero-order valence-corrected chi connectivity index (χ0v) is 10.7. The molecule has 1 saturated heterocycles. The molecule has 2 heterocycles. The molecule has 100 valence electrons. The van der Waals surface area contributed by atoms with Gasteiger partial charge >= 0.3 is 6.18 Å². The van der Waals surface area contributed by atoms with E-state index in [-0.39, 0.29) is 13.0 Å². The van der Waals surface area contributed by atoms with Crippen LogP contribution in [0, 0.1) is 12.8 Å². The molecule has 1 aromatic rings. The lowest BCUT2D eigenvalue weighted by Gasteiger charge is -2.35. The maximum Gasteiger partial charge on any atom is 0.393 e. The first kappa shape index (κ1) is 13.5. The molecule has 1 aliphatic rings. The molecule has 0 spiro atoms. The average Bonchev–Trinajstić information content (AvgIpc) is 2.32. The summed E-state index contributed by atoms with van der Waals surface area (Å²) in [5.41, 5.74) is 1.29. The highest BCUT2D eigenvalue weighted by atomic mass is 35.5. The van der Waals surface area contributed by atoms with E-state index in [0.717, 1.165) is 0 Å². The van der Waals surface area contributed by atoms with Gasteiger partial charge in [-0.25, -0.2) is 0 Å². The van der Waals surface area contributed by atoms with Crippen LogP contribution < -0.4 is 4.90 Å². The molecule has 6 heteroatoms. The summed E-state index contributed by atoms with van der Waals surface area (Å²) in [6.07, 6.45) is -1.83. The summed E-state index contributed by atoms with van der Waals surface area (Å²) in [4.78, 5) is 5.73. The van der Waals surface area contributed by atoms with Crippen LogP contribution in [0.15, 0.2) is 12.3 Å². The third-order valence-electron chi connectivity index (χ3n) is 3.27. The molecule has 2 nitrogen and oxygen atoms in total. The summed E-state index contributed by atoms with van der Waals surface area (Å²) in [6, 6.07) is 1.67. The third-order valence-corrected chi connectivity index (χ3v) is 3.74. The van der Waals surface area contributed by atoms with Crippen molar-refractivity contribution >= 4 is 17.3 Å². The standard InChI is InChI=1S/C12H14ClF3N2/c1-8-11(13)10(4-5-17-8)18-6-2-3-9(7-18)12(14,15)16/h4-5,9H,2-3,6-7H2,1H3. The van der Waals surface area contributed by atoms with Crippen molar-refractivity contribution in [1.82, 2.24) is 4.98 Å². The molecule has 0 aliphatic carbocycles. The van der Waals surface area contributed by atoms with Gasteiger partial charge in [-0.15, -0.1) is 0 Å². The van der Waals surface area contributed by atoms with Crippen LogP contribution in [-0.4, -0.2) is 24.2 Å². The minimum Gasteiger partial charge on any atom is -0.370 e. The van der Waals surface area contributed by atoms with Gasteiger partial charge in [0.05, 0.1) is 22.3 Å². The van der Waals surface area contributed by atoms with Crippen molar-refractivity contribution in [2.75, 3.05) is 18.0 Å². The molecule has 0 amide bonds. The van der Waals surface area contributed by atoms with Crippen LogP contribution >= 0.6 is 11.6 Å². The Morgan fingerprint density at radius 1 is 1.44 bits per heavy atom. The highest BCUT2D eigenvalue weighted by Crippen LogP contribution is 2.36. The Morgan fingerprint density at radius 2 is 2.17 bits per heavy atom. The van der Waals surface area contributed by atoms with Crippen LogP contribution in [0.5, 0.6) is 0 Å².